The Morgan fingerprint density at radius 3 is 2.63 bits per heavy atom. The van der Waals surface area contributed by atoms with Gasteiger partial charge in [-0.2, -0.15) is 9.61 Å². The molecule has 4 aromatic rings. The van der Waals surface area contributed by atoms with Crippen molar-refractivity contribution in [2.75, 3.05) is 34.4 Å². The molecule has 0 N–H and O–H groups in total. The maximum absolute atomic E-state index is 13.1. The average molecular weight is 408 g/mol. The lowest BCUT2D eigenvalue weighted by molar-refractivity contribution is 0.158. The molecule has 9 nitrogen and oxygen atoms in total. The van der Waals surface area contributed by atoms with Crippen molar-refractivity contribution >= 4 is 16.7 Å². The molecule has 0 saturated heterocycles. The number of methoxy groups -OCH3 is 2. The van der Waals surface area contributed by atoms with Gasteiger partial charge in [0.1, 0.15) is 17.6 Å². The minimum absolute atomic E-state index is 0.252. The summed E-state index contributed by atoms with van der Waals surface area (Å²) in [6, 6.07) is 11.5. The molecule has 0 amide bonds. The van der Waals surface area contributed by atoms with E-state index in [1.807, 2.05) is 43.4 Å². The summed E-state index contributed by atoms with van der Waals surface area (Å²) < 4.78 is 13.3. The summed E-state index contributed by atoms with van der Waals surface area (Å²) in [5, 5.41) is 4.11. The molecule has 0 fully saturated rings. The fraction of sp³-hybridized carbons (Fsp3) is 0.333. The normalized spacial score (nSPS) is 11.6. The molecule has 0 saturated carbocycles. The van der Waals surface area contributed by atoms with Crippen LogP contribution in [0.2, 0.25) is 0 Å². The lowest BCUT2D eigenvalue weighted by atomic mass is 10.2. The van der Waals surface area contributed by atoms with E-state index in [1.165, 1.54) is 10.8 Å². The number of hydrogen-bond acceptors (Lipinski definition) is 7. The van der Waals surface area contributed by atoms with Gasteiger partial charge in [0.2, 0.25) is 0 Å². The standard InChI is InChI=1S/C21H24N6O3/c1-25(10-11-29-2)13-16-6-9-18-19(24-16)20-22-14-23-27(20)21(28)26(18)12-15-4-7-17(30-3)8-5-15/h4-9,14H,10-13H2,1-3H3. The van der Waals surface area contributed by atoms with Gasteiger partial charge in [0.25, 0.3) is 0 Å². The van der Waals surface area contributed by atoms with Gasteiger partial charge in [-0.15, -0.1) is 0 Å². The van der Waals surface area contributed by atoms with E-state index in [0.29, 0.717) is 30.9 Å². The third kappa shape index (κ3) is 3.89. The monoisotopic (exact) mass is 408 g/mol. The van der Waals surface area contributed by atoms with Crippen LogP contribution in [0.1, 0.15) is 11.3 Å². The Morgan fingerprint density at radius 2 is 1.90 bits per heavy atom. The number of likely N-dealkylation sites (N-methyl/N-ethyl adjacent to an activating group) is 1. The summed E-state index contributed by atoms with van der Waals surface area (Å²) in [5.74, 6) is 0.770. The Hall–Kier alpha value is -3.30. The maximum atomic E-state index is 13.1. The van der Waals surface area contributed by atoms with Crippen LogP contribution in [0.5, 0.6) is 5.75 Å². The molecule has 4 rings (SSSR count). The third-order valence-corrected chi connectivity index (χ3v) is 5.00. The molecule has 0 atom stereocenters. The van der Waals surface area contributed by atoms with Gasteiger partial charge in [-0.05, 0) is 36.9 Å². The van der Waals surface area contributed by atoms with Crippen molar-refractivity contribution < 1.29 is 9.47 Å². The Balaban J connectivity index is 1.77. The van der Waals surface area contributed by atoms with Gasteiger partial charge in [-0.25, -0.2) is 14.8 Å². The molecular weight excluding hydrogens is 384 g/mol. The Labute approximate surface area is 173 Å². The minimum atomic E-state index is -0.252. The van der Waals surface area contributed by atoms with Gasteiger partial charge < -0.3 is 9.47 Å². The van der Waals surface area contributed by atoms with E-state index in [1.54, 1.807) is 18.8 Å². The van der Waals surface area contributed by atoms with Crippen molar-refractivity contribution in [2.45, 2.75) is 13.1 Å². The summed E-state index contributed by atoms with van der Waals surface area (Å²) in [4.78, 5) is 24.3. The van der Waals surface area contributed by atoms with Gasteiger partial charge in [0, 0.05) is 20.2 Å². The molecule has 0 bridgehead atoms. The van der Waals surface area contributed by atoms with Gasteiger partial charge in [-0.1, -0.05) is 12.1 Å². The lowest BCUT2D eigenvalue weighted by Crippen LogP contribution is -2.29. The molecule has 0 aliphatic heterocycles. The summed E-state index contributed by atoms with van der Waals surface area (Å²) in [6.07, 6.45) is 1.38. The Morgan fingerprint density at radius 1 is 1.10 bits per heavy atom. The molecule has 0 spiro atoms. The summed E-state index contributed by atoms with van der Waals surface area (Å²) in [7, 11) is 5.33. The highest BCUT2D eigenvalue weighted by Gasteiger charge is 2.15. The fourth-order valence-electron chi connectivity index (χ4n) is 3.39. The SMILES string of the molecule is COCCN(C)Cc1ccc2c(n1)c1ncnn1c(=O)n2Cc1ccc(OC)cc1. The average Bonchev–Trinajstić information content (AvgIpc) is 3.26. The van der Waals surface area contributed by atoms with E-state index in [9.17, 15) is 4.79 Å². The van der Waals surface area contributed by atoms with Crippen LogP contribution in [0.3, 0.4) is 0 Å². The molecule has 0 radical (unpaired) electrons. The molecule has 156 valence electrons. The molecular formula is C21H24N6O3. The maximum Gasteiger partial charge on any atom is 0.351 e. The zero-order chi connectivity index (χ0) is 21.1. The van der Waals surface area contributed by atoms with Crippen LogP contribution in [0.4, 0.5) is 0 Å². The Kier molecular flexibility index (Phi) is 5.73. The van der Waals surface area contributed by atoms with Gasteiger partial charge in [-0.3, -0.25) is 9.47 Å². The van der Waals surface area contributed by atoms with Crippen LogP contribution in [0.25, 0.3) is 16.7 Å². The zero-order valence-electron chi connectivity index (χ0n) is 17.3. The van der Waals surface area contributed by atoms with Crippen LogP contribution in [0.15, 0.2) is 47.5 Å². The molecule has 3 aromatic heterocycles. The second kappa shape index (κ2) is 8.60. The predicted molar refractivity (Wildman–Crippen MR) is 113 cm³/mol. The van der Waals surface area contributed by atoms with E-state index in [0.717, 1.165) is 29.1 Å². The number of benzene rings is 1. The number of nitrogens with zero attached hydrogens (tertiary/aromatic N) is 6. The van der Waals surface area contributed by atoms with E-state index in [4.69, 9.17) is 14.5 Å². The van der Waals surface area contributed by atoms with Crippen molar-refractivity contribution in [3.63, 3.8) is 0 Å². The van der Waals surface area contributed by atoms with E-state index in [2.05, 4.69) is 15.0 Å². The van der Waals surface area contributed by atoms with Crippen molar-refractivity contribution in [2.24, 2.45) is 0 Å². The van der Waals surface area contributed by atoms with Crippen LogP contribution < -0.4 is 10.4 Å². The van der Waals surface area contributed by atoms with Crippen molar-refractivity contribution in [1.82, 2.24) is 29.0 Å². The molecule has 1 aromatic carbocycles. The largest absolute Gasteiger partial charge is 0.497 e. The van der Waals surface area contributed by atoms with E-state index < -0.39 is 0 Å². The van der Waals surface area contributed by atoms with Crippen LogP contribution in [-0.2, 0) is 17.8 Å². The van der Waals surface area contributed by atoms with Gasteiger partial charge >= 0.3 is 5.69 Å². The number of fused-ring (bicyclic) bond motifs is 3. The number of ether oxygens (including phenoxy) is 2. The summed E-state index contributed by atoms with van der Waals surface area (Å²) in [5.41, 5.74) is 3.44. The van der Waals surface area contributed by atoms with Crippen LogP contribution in [-0.4, -0.2) is 63.5 Å². The first-order valence-electron chi connectivity index (χ1n) is 9.63. The second-order valence-electron chi connectivity index (χ2n) is 7.11. The third-order valence-electron chi connectivity index (χ3n) is 5.00. The van der Waals surface area contributed by atoms with Crippen molar-refractivity contribution in [1.29, 1.82) is 0 Å². The molecule has 3 heterocycles. The first kappa shape index (κ1) is 20.0. The zero-order valence-corrected chi connectivity index (χ0v) is 17.3. The highest BCUT2D eigenvalue weighted by Crippen LogP contribution is 2.18. The molecule has 30 heavy (non-hydrogen) atoms. The van der Waals surface area contributed by atoms with Gasteiger partial charge in [0.05, 0.1) is 31.5 Å². The quantitative estimate of drug-likeness (QED) is 0.437. The number of aromatic nitrogens is 5. The van der Waals surface area contributed by atoms with Crippen molar-refractivity contribution in [3.8, 4) is 5.75 Å². The molecule has 0 unspecified atom stereocenters. The highest BCUT2D eigenvalue weighted by molar-refractivity contribution is 5.87. The number of hydrogen-bond donors (Lipinski definition) is 0. The fourth-order valence-corrected chi connectivity index (χ4v) is 3.39. The smallest absolute Gasteiger partial charge is 0.351 e. The Bertz CT molecular complexity index is 1220. The van der Waals surface area contributed by atoms with Gasteiger partial charge in [0.15, 0.2) is 5.65 Å². The second-order valence-corrected chi connectivity index (χ2v) is 7.11. The molecule has 0 aliphatic carbocycles. The first-order valence-corrected chi connectivity index (χ1v) is 9.63. The van der Waals surface area contributed by atoms with Crippen LogP contribution >= 0.6 is 0 Å². The lowest BCUT2D eigenvalue weighted by Gasteiger charge is -2.16. The summed E-state index contributed by atoms with van der Waals surface area (Å²) >= 11 is 0. The molecule has 9 heteroatoms. The van der Waals surface area contributed by atoms with E-state index in [-0.39, 0.29) is 5.69 Å². The predicted octanol–water partition coefficient (Wildman–Crippen LogP) is 1.57. The van der Waals surface area contributed by atoms with E-state index >= 15 is 0 Å². The highest BCUT2D eigenvalue weighted by atomic mass is 16.5. The molecule has 0 aliphatic rings. The van der Waals surface area contributed by atoms with Crippen LogP contribution in [0, 0.1) is 0 Å². The van der Waals surface area contributed by atoms with Crippen molar-refractivity contribution in [3.05, 3.63) is 64.5 Å². The summed E-state index contributed by atoms with van der Waals surface area (Å²) in [6.45, 7) is 2.51. The minimum Gasteiger partial charge on any atom is -0.497 e. The first-order chi connectivity index (χ1) is 14.6. The topological polar surface area (TPSA) is 86.8 Å². The number of rotatable bonds is 8. The number of pyridine rings is 1.